The van der Waals surface area contributed by atoms with Crippen LogP contribution in [0.5, 0.6) is 0 Å². The molecule has 0 aromatic carbocycles. The van der Waals surface area contributed by atoms with Crippen molar-refractivity contribution in [3.8, 4) is 0 Å². The number of hydrogen-bond donors (Lipinski definition) is 3. The molecule has 1 unspecified atom stereocenters. The Bertz CT molecular complexity index is 649. The zero-order valence-corrected chi connectivity index (χ0v) is 13.6. The predicted octanol–water partition coefficient (Wildman–Crippen LogP) is 2.58. The van der Waals surface area contributed by atoms with Crippen LogP contribution in [0.4, 0.5) is 5.82 Å². The van der Waals surface area contributed by atoms with Crippen molar-refractivity contribution in [2.24, 2.45) is 5.73 Å². The number of rotatable bonds is 7. The third-order valence-electron chi connectivity index (χ3n) is 3.96. The summed E-state index contributed by atoms with van der Waals surface area (Å²) in [5, 5.41) is 11.0. The van der Waals surface area contributed by atoms with E-state index in [1.807, 2.05) is 12.3 Å². The highest BCUT2D eigenvalue weighted by atomic mass is 16.5. The minimum atomic E-state index is 0.195. The lowest BCUT2D eigenvalue weighted by atomic mass is 9.87. The van der Waals surface area contributed by atoms with Gasteiger partial charge in [0.2, 0.25) is 0 Å². The molecule has 0 fully saturated rings. The van der Waals surface area contributed by atoms with E-state index in [4.69, 9.17) is 15.9 Å². The standard InChI is InChI=1S/C18H24N4O/c1-12(4-5-13(2)23-3)10-21-18-17(9-19)16-7-6-15(20)8-14(16)11-22-18/h4-5,9,11,15,19H,1-2,6-8,10,20H2,3H3,(H,21,22)/b5-4-,19-9?. The van der Waals surface area contributed by atoms with E-state index < -0.39 is 0 Å². The lowest BCUT2D eigenvalue weighted by Gasteiger charge is -2.24. The Hall–Kier alpha value is -2.40. The van der Waals surface area contributed by atoms with Gasteiger partial charge in [0.05, 0.1) is 7.11 Å². The topological polar surface area (TPSA) is 84.0 Å². The van der Waals surface area contributed by atoms with Crippen LogP contribution in [0.15, 0.2) is 42.8 Å². The lowest BCUT2D eigenvalue weighted by molar-refractivity contribution is 0.309. The molecule has 0 amide bonds. The van der Waals surface area contributed by atoms with E-state index in [9.17, 15) is 0 Å². The number of anilines is 1. The van der Waals surface area contributed by atoms with Crippen LogP contribution in [0.3, 0.4) is 0 Å². The van der Waals surface area contributed by atoms with Crippen LogP contribution in [0.2, 0.25) is 0 Å². The van der Waals surface area contributed by atoms with Crippen LogP contribution in [0.25, 0.3) is 0 Å². The fraction of sp³-hybridized carbons (Fsp3) is 0.333. The molecule has 0 saturated heterocycles. The molecule has 1 aromatic rings. The summed E-state index contributed by atoms with van der Waals surface area (Å²) >= 11 is 0. The number of aromatic nitrogens is 1. The van der Waals surface area contributed by atoms with E-state index in [0.717, 1.165) is 36.0 Å². The molecule has 1 heterocycles. The van der Waals surface area contributed by atoms with Crippen molar-refractivity contribution in [2.45, 2.75) is 25.3 Å². The maximum absolute atomic E-state index is 7.72. The summed E-state index contributed by atoms with van der Waals surface area (Å²) in [6.07, 6.45) is 9.53. The molecule has 2 rings (SSSR count). The molecule has 1 aromatic heterocycles. The van der Waals surface area contributed by atoms with Gasteiger partial charge < -0.3 is 21.2 Å². The van der Waals surface area contributed by atoms with E-state index in [1.54, 1.807) is 13.2 Å². The van der Waals surface area contributed by atoms with Crippen LogP contribution in [-0.4, -0.2) is 30.9 Å². The molecule has 23 heavy (non-hydrogen) atoms. The maximum atomic E-state index is 7.72. The number of nitrogens with one attached hydrogen (secondary N) is 2. The van der Waals surface area contributed by atoms with Gasteiger partial charge in [0.15, 0.2) is 0 Å². The van der Waals surface area contributed by atoms with Crippen molar-refractivity contribution < 1.29 is 4.74 Å². The first-order chi connectivity index (χ1) is 11.0. The fourth-order valence-corrected chi connectivity index (χ4v) is 2.62. The monoisotopic (exact) mass is 312 g/mol. The minimum Gasteiger partial charge on any atom is -0.497 e. The molecule has 5 nitrogen and oxygen atoms in total. The summed E-state index contributed by atoms with van der Waals surface area (Å²) in [4.78, 5) is 4.46. The van der Waals surface area contributed by atoms with Gasteiger partial charge >= 0.3 is 0 Å². The van der Waals surface area contributed by atoms with Gasteiger partial charge in [-0.1, -0.05) is 19.2 Å². The Balaban J connectivity index is 2.09. The Morgan fingerprint density at radius 1 is 1.52 bits per heavy atom. The van der Waals surface area contributed by atoms with Gasteiger partial charge in [-0.05, 0) is 42.0 Å². The van der Waals surface area contributed by atoms with Crippen molar-refractivity contribution in [1.29, 1.82) is 5.41 Å². The first kappa shape index (κ1) is 17.0. The van der Waals surface area contributed by atoms with E-state index in [-0.39, 0.29) is 6.04 Å². The molecular weight excluding hydrogens is 288 g/mol. The van der Waals surface area contributed by atoms with Gasteiger partial charge in [0.1, 0.15) is 11.6 Å². The van der Waals surface area contributed by atoms with Crippen molar-refractivity contribution in [1.82, 2.24) is 4.98 Å². The number of ether oxygens (including phenoxy) is 1. The number of fused-ring (bicyclic) bond motifs is 1. The van der Waals surface area contributed by atoms with Crippen LogP contribution >= 0.6 is 0 Å². The summed E-state index contributed by atoms with van der Waals surface area (Å²) in [6.45, 7) is 8.25. The smallest absolute Gasteiger partial charge is 0.135 e. The molecule has 0 aliphatic heterocycles. The van der Waals surface area contributed by atoms with Crippen LogP contribution in [-0.2, 0) is 17.6 Å². The average Bonchev–Trinajstić information content (AvgIpc) is 2.56. The molecule has 0 bridgehead atoms. The molecule has 1 aliphatic carbocycles. The zero-order chi connectivity index (χ0) is 16.8. The van der Waals surface area contributed by atoms with Gasteiger partial charge in [0, 0.05) is 30.6 Å². The second-order valence-corrected chi connectivity index (χ2v) is 5.69. The predicted molar refractivity (Wildman–Crippen MR) is 95.0 cm³/mol. The average molecular weight is 312 g/mol. The highest BCUT2D eigenvalue weighted by molar-refractivity contribution is 5.87. The van der Waals surface area contributed by atoms with E-state index in [2.05, 4.69) is 23.5 Å². The summed E-state index contributed by atoms with van der Waals surface area (Å²) in [6, 6.07) is 0.195. The van der Waals surface area contributed by atoms with Gasteiger partial charge in [-0.3, -0.25) is 0 Å². The Morgan fingerprint density at radius 2 is 2.30 bits per heavy atom. The lowest BCUT2D eigenvalue weighted by Crippen LogP contribution is -2.29. The molecule has 1 atom stereocenters. The van der Waals surface area contributed by atoms with Gasteiger partial charge in [0.25, 0.3) is 0 Å². The number of allylic oxidation sites excluding steroid dienone is 1. The van der Waals surface area contributed by atoms with Crippen LogP contribution in [0, 0.1) is 5.41 Å². The normalized spacial score (nSPS) is 16.7. The van der Waals surface area contributed by atoms with Crippen molar-refractivity contribution in [2.75, 3.05) is 19.0 Å². The number of nitrogens with zero attached hydrogens (tertiary/aromatic N) is 1. The molecular formula is C18H24N4O. The van der Waals surface area contributed by atoms with E-state index in [1.165, 1.54) is 11.8 Å². The number of hydrogen-bond acceptors (Lipinski definition) is 5. The minimum absolute atomic E-state index is 0.195. The van der Waals surface area contributed by atoms with Gasteiger partial charge in [-0.2, -0.15) is 0 Å². The Morgan fingerprint density at radius 3 is 3.00 bits per heavy atom. The Kier molecular flexibility index (Phi) is 5.71. The maximum Gasteiger partial charge on any atom is 0.135 e. The van der Waals surface area contributed by atoms with Crippen LogP contribution < -0.4 is 11.1 Å². The van der Waals surface area contributed by atoms with E-state index >= 15 is 0 Å². The quantitative estimate of drug-likeness (QED) is 0.410. The molecule has 1 aliphatic rings. The molecule has 0 spiro atoms. The van der Waals surface area contributed by atoms with Crippen molar-refractivity contribution >= 4 is 12.0 Å². The summed E-state index contributed by atoms with van der Waals surface area (Å²) in [5.41, 5.74) is 10.1. The second-order valence-electron chi connectivity index (χ2n) is 5.69. The van der Waals surface area contributed by atoms with Crippen LogP contribution in [0.1, 0.15) is 23.1 Å². The highest BCUT2D eigenvalue weighted by Crippen LogP contribution is 2.26. The highest BCUT2D eigenvalue weighted by Gasteiger charge is 2.20. The number of methoxy groups -OCH3 is 1. The third-order valence-corrected chi connectivity index (χ3v) is 3.96. The zero-order valence-electron chi connectivity index (χ0n) is 13.6. The SMILES string of the molecule is C=C(/C=C\C(=C)OC)CNc1ncc2c(c1C=N)CCC(N)C2. The molecule has 5 heteroatoms. The summed E-state index contributed by atoms with van der Waals surface area (Å²) < 4.78 is 4.98. The summed E-state index contributed by atoms with van der Waals surface area (Å²) in [7, 11) is 1.58. The first-order valence-corrected chi connectivity index (χ1v) is 7.64. The molecule has 0 saturated carbocycles. The molecule has 122 valence electrons. The molecule has 0 radical (unpaired) electrons. The fourth-order valence-electron chi connectivity index (χ4n) is 2.62. The van der Waals surface area contributed by atoms with Crippen molar-refractivity contribution in [3.63, 3.8) is 0 Å². The number of pyridine rings is 1. The summed E-state index contributed by atoms with van der Waals surface area (Å²) in [5.74, 6) is 1.30. The van der Waals surface area contributed by atoms with Gasteiger partial charge in [-0.25, -0.2) is 4.98 Å². The first-order valence-electron chi connectivity index (χ1n) is 7.64. The third kappa shape index (κ3) is 4.29. The largest absolute Gasteiger partial charge is 0.497 e. The Labute approximate surface area is 137 Å². The van der Waals surface area contributed by atoms with Gasteiger partial charge in [-0.15, -0.1) is 0 Å². The second kappa shape index (κ2) is 7.74. The van der Waals surface area contributed by atoms with E-state index in [0.29, 0.717) is 18.1 Å². The molecule has 4 N–H and O–H groups in total. The van der Waals surface area contributed by atoms with Crippen molar-refractivity contribution in [3.05, 3.63) is 59.5 Å². The number of nitrogens with two attached hydrogens (primary N) is 1.